The van der Waals surface area contributed by atoms with Gasteiger partial charge in [0.1, 0.15) is 0 Å². The maximum atomic E-state index is 12.1. The summed E-state index contributed by atoms with van der Waals surface area (Å²) in [6, 6.07) is 7.63. The number of amides is 2. The molecule has 114 valence electrons. The van der Waals surface area contributed by atoms with Gasteiger partial charge in [0.2, 0.25) is 11.8 Å². The van der Waals surface area contributed by atoms with Crippen molar-refractivity contribution in [2.75, 3.05) is 25.6 Å². The van der Waals surface area contributed by atoms with Crippen LogP contribution in [0.2, 0.25) is 0 Å². The molecule has 1 fully saturated rings. The highest BCUT2D eigenvalue weighted by atomic mass is 16.5. The molecule has 1 aliphatic carbocycles. The topological polar surface area (TPSA) is 67.4 Å². The van der Waals surface area contributed by atoms with Crippen LogP contribution in [0.3, 0.4) is 0 Å². The van der Waals surface area contributed by atoms with Gasteiger partial charge in [0, 0.05) is 25.9 Å². The third-order valence-corrected chi connectivity index (χ3v) is 3.69. The van der Waals surface area contributed by atoms with Gasteiger partial charge in [0.15, 0.2) is 0 Å². The molecule has 0 heterocycles. The Balaban J connectivity index is 1.76. The number of aryl methyl sites for hydroxylation is 1. The Morgan fingerprint density at radius 1 is 1.24 bits per heavy atom. The Bertz CT molecular complexity index is 516. The van der Waals surface area contributed by atoms with Crippen molar-refractivity contribution in [1.29, 1.82) is 0 Å². The van der Waals surface area contributed by atoms with Gasteiger partial charge in [-0.1, -0.05) is 18.2 Å². The Kier molecular flexibility index (Phi) is 5.33. The summed E-state index contributed by atoms with van der Waals surface area (Å²) in [7, 11) is 1.63. The lowest BCUT2D eigenvalue weighted by Gasteiger charge is -2.08. The van der Waals surface area contributed by atoms with E-state index in [2.05, 4.69) is 10.6 Å². The zero-order chi connectivity index (χ0) is 15.2. The van der Waals surface area contributed by atoms with Crippen molar-refractivity contribution < 1.29 is 14.3 Å². The van der Waals surface area contributed by atoms with E-state index in [4.69, 9.17) is 4.74 Å². The molecule has 0 aliphatic heterocycles. The molecular formula is C16H22N2O3. The van der Waals surface area contributed by atoms with Gasteiger partial charge >= 0.3 is 0 Å². The van der Waals surface area contributed by atoms with E-state index in [0.717, 1.165) is 17.7 Å². The lowest BCUT2D eigenvalue weighted by molar-refractivity contribution is -0.125. The summed E-state index contributed by atoms with van der Waals surface area (Å²) in [4.78, 5) is 24.0. The van der Waals surface area contributed by atoms with Crippen LogP contribution in [0.1, 0.15) is 18.4 Å². The molecule has 1 aliphatic rings. The quantitative estimate of drug-likeness (QED) is 0.751. The van der Waals surface area contributed by atoms with Crippen molar-refractivity contribution in [2.24, 2.45) is 11.8 Å². The first-order chi connectivity index (χ1) is 10.1. The van der Waals surface area contributed by atoms with Gasteiger partial charge in [-0.2, -0.15) is 0 Å². The number of anilines is 1. The second-order valence-corrected chi connectivity index (χ2v) is 5.39. The van der Waals surface area contributed by atoms with Gasteiger partial charge in [-0.3, -0.25) is 9.59 Å². The highest BCUT2D eigenvalue weighted by Gasteiger charge is 2.47. The lowest BCUT2D eigenvalue weighted by Crippen LogP contribution is -2.28. The zero-order valence-corrected chi connectivity index (χ0v) is 12.5. The Morgan fingerprint density at radius 3 is 2.67 bits per heavy atom. The van der Waals surface area contributed by atoms with E-state index in [-0.39, 0.29) is 23.7 Å². The molecule has 2 unspecified atom stereocenters. The van der Waals surface area contributed by atoms with Gasteiger partial charge < -0.3 is 15.4 Å². The first-order valence-electron chi connectivity index (χ1n) is 7.26. The van der Waals surface area contributed by atoms with E-state index in [1.54, 1.807) is 7.11 Å². The summed E-state index contributed by atoms with van der Waals surface area (Å²) in [5.74, 6) is -0.485. The van der Waals surface area contributed by atoms with E-state index in [1.807, 2.05) is 31.2 Å². The minimum absolute atomic E-state index is 0.0314. The number of carbonyl (C=O) groups is 2. The Hall–Kier alpha value is -1.88. The number of hydrogen-bond acceptors (Lipinski definition) is 3. The molecule has 21 heavy (non-hydrogen) atoms. The van der Waals surface area contributed by atoms with Gasteiger partial charge in [0.25, 0.3) is 0 Å². The SMILES string of the molecule is COCCCNC(=O)C1CC1C(=O)Nc1ccccc1C. The third kappa shape index (κ3) is 4.29. The summed E-state index contributed by atoms with van der Waals surface area (Å²) in [6.07, 6.45) is 1.42. The number of ether oxygens (including phenoxy) is 1. The summed E-state index contributed by atoms with van der Waals surface area (Å²) >= 11 is 0. The summed E-state index contributed by atoms with van der Waals surface area (Å²) in [6.45, 7) is 3.17. The number of benzene rings is 1. The molecule has 0 saturated heterocycles. The van der Waals surface area contributed by atoms with Crippen LogP contribution in [0, 0.1) is 18.8 Å². The molecule has 5 nitrogen and oxygen atoms in total. The number of carbonyl (C=O) groups excluding carboxylic acids is 2. The number of methoxy groups -OCH3 is 1. The molecule has 2 amide bonds. The van der Waals surface area contributed by atoms with E-state index < -0.39 is 0 Å². The van der Waals surface area contributed by atoms with Gasteiger partial charge in [0.05, 0.1) is 11.8 Å². The number of para-hydroxylation sites is 1. The van der Waals surface area contributed by atoms with Gasteiger partial charge in [-0.25, -0.2) is 0 Å². The molecule has 2 N–H and O–H groups in total. The molecule has 2 atom stereocenters. The van der Waals surface area contributed by atoms with Crippen LogP contribution in [0.15, 0.2) is 24.3 Å². The average Bonchev–Trinajstić information content (AvgIpc) is 3.26. The largest absolute Gasteiger partial charge is 0.385 e. The smallest absolute Gasteiger partial charge is 0.228 e. The van der Waals surface area contributed by atoms with Crippen molar-refractivity contribution in [3.8, 4) is 0 Å². The molecule has 1 saturated carbocycles. The maximum absolute atomic E-state index is 12.1. The fraction of sp³-hybridized carbons (Fsp3) is 0.500. The molecular weight excluding hydrogens is 268 g/mol. The molecule has 2 rings (SSSR count). The van der Waals surface area contributed by atoms with Crippen LogP contribution in [0.5, 0.6) is 0 Å². The van der Waals surface area contributed by atoms with Crippen LogP contribution in [-0.4, -0.2) is 32.1 Å². The highest BCUT2D eigenvalue weighted by Crippen LogP contribution is 2.39. The number of hydrogen-bond donors (Lipinski definition) is 2. The van der Waals surface area contributed by atoms with Crippen LogP contribution in [-0.2, 0) is 14.3 Å². The van der Waals surface area contributed by atoms with Crippen LogP contribution < -0.4 is 10.6 Å². The number of rotatable bonds is 7. The van der Waals surface area contributed by atoms with Gasteiger partial charge in [-0.05, 0) is 31.4 Å². The molecule has 5 heteroatoms. The third-order valence-electron chi connectivity index (χ3n) is 3.69. The second-order valence-electron chi connectivity index (χ2n) is 5.39. The monoisotopic (exact) mass is 290 g/mol. The van der Waals surface area contributed by atoms with Crippen molar-refractivity contribution in [3.05, 3.63) is 29.8 Å². The first-order valence-corrected chi connectivity index (χ1v) is 7.26. The van der Waals surface area contributed by atoms with Crippen LogP contribution in [0.25, 0.3) is 0 Å². The van der Waals surface area contributed by atoms with Crippen molar-refractivity contribution in [1.82, 2.24) is 5.32 Å². The minimum Gasteiger partial charge on any atom is -0.385 e. The standard InChI is InChI=1S/C16H22N2O3/c1-11-6-3-4-7-14(11)18-16(20)13-10-12(13)15(19)17-8-5-9-21-2/h3-4,6-7,12-13H,5,8-10H2,1-2H3,(H,17,19)(H,18,20). The van der Waals surface area contributed by atoms with E-state index in [1.165, 1.54) is 0 Å². The molecule has 0 spiro atoms. The van der Waals surface area contributed by atoms with Crippen molar-refractivity contribution in [2.45, 2.75) is 19.8 Å². The fourth-order valence-corrected chi connectivity index (χ4v) is 2.27. The normalized spacial score (nSPS) is 19.9. The fourth-order valence-electron chi connectivity index (χ4n) is 2.27. The maximum Gasteiger partial charge on any atom is 0.228 e. The van der Waals surface area contributed by atoms with Crippen LogP contribution in [0.4, 0.5) is 5.69 Å². The summed E-state index contributed by atoms with van der Waals surface area (Å²) in [5, 5.41) is 5.74. The average molecular weight is 290 g/mol. The minimum atomic E-state index is -0.202. The first kappa shape index (κ1) is 15.5. The van der Waals surface area contributed by atoms with E-state index >= 15 is 0 Å². The van der Waals surface area contributed by atoms with Crippen molar-refractivity contribution in [3.63, 3.8) is 0 Å². The van der Waals surface area contributed by atoms with E-state index in [0.29, 0.717) is 19.6 Å². The Labute approximate surface area is 125 Å². The molecule has 0 aromatic heterocycles. The predicted octanol–water partition coefficient (Wildman–Crippen LogP) is 1.72. The zero-order valence-electron chi connectivity index (χ0n) is 12.5. The summed E-state index contributed by atoms with van der Waals surface area (Å²) < 4.78 is 4.92. The van der Waals surface area contributed by atoms with E-state index in [9.17, 15) is 9.59 Å². The highest BCUT2D eigenvalue weighted by molar-refractivity contribution is 5.99. The number of nitrogens with one attached hydrogen (secondary N) is 2. The van der Waals surface area contributed by atoms with Crippen molar-refractivity contribution >= 4 is 17.5 Å². The summed E-state index contributed by atoms with van der Waals surface area (Å²) in [5.41, 5.74) is 1.83. The molecule has 0 bridgehead atoms. The molecule has 1 aromatic rings. The van der Waals surface area contributed by atoms with Gasteiger partial charge in [-0.15, -0.1) is 0 Å². The second kappa shape index (κ2) is 7.22. The van der Waals surface area contributed by atoms with Crippen LogP contribution >= 0.6 is 0 Å². The molecule has 1 aromatic carbocycles. The lowest BCUT2D eigenvalue weighted by atomic mass is 10.2. The molecule has 0 radical (unpaired) electrons. The Morgan fingerprint density at radius 2 is 1.95 bits per heavy atom. The predicted molar refractivity (Wildman–Crippen MR) is 80.9 cm³/mol.